The lowest BCUT2D eigenvalue weighted by Crippen LogP contribution is -2.26. The minimum Gasteiger partial charge on any atom is -0.355 e. The van der Waals surface area contributed by atoms with E-state index in [0.29, 0.717) is 12.3 Å². The number of nitrogens with zero attached hydrogens (tertiary/aromatic N) is 5. The number of hydrogen-bond donors (Lipinski definition) is 0. The van der Waals surface area contributed by atoms with E-state index in [1.54, 1.807) is 41.7 Å². The number of amides is 1. The van der Waals surface area contributed by atoms with E-state index < -0.39 is 0 Å². The first kappa shape index (κ1) is 19.9. The van der Waals surface area contributed by atoms with Crippen molar-refractivity contribution in [1.82, 2.24) is 24.8 Å². The highest BCUT2D eigenvalue weighted by atomic mass is 32.1. The Morgan fingerprint density at radius 3 is 2.66 bits per heavy atom. The molecule has 4 heterocycles. The monoisotopic (exact) mass is 441 g/mol. The summed E-state index contributed by atoms with van der Waals surface area (Å²) >= 11 is 1.62. The summed E-state index contributed by atoms with van der Waals surface area (Å²) in [6.45, 7) is 0.385. The van der Waals surface area contributed by atoms with Crippen molar-refractivity contribution >= 4 is 17.2 Å². The maximum atomic E-state index is 13.0. The molecule has 0 bridgehead atoms. The Morgan fingerprint density at radius 2 is 1.91 bits per heavy atom. The van der Waals surface area contributed by atoms with Crippen LogP contribution in [0, 0.1) is 0 Å². The van der Waals surface area contributed by atoms with Gasteiger partial charge < -0.3 is 9.42 Å². The quantitative estimate of drug-likeness (QED) is 0.374. The standard InChI is InChI=1S/C24H19N5O2S/c1-28(24(30)20-14-21(31-27-20)17-9-11-25-12-10-17)15-18-16-29(19-6-3-2-4-7-19)26-23(18)22-8-5-13-32-22/h2-14,16H,15H2,1H3. The van der Waals surface area contributed by atoms with Crippen LogP contribution in [0.2, 0.25) is 0 Å². The van der Waals surface area contributed by atoms with Crippen LogP contribution in [0.4, 0.5) is 0 Å². The topological polar surface area (TPSA) is 77.0 Å². The molecule has 0 saturated carbocycles. The molecule has 5 aromatic rings. The number of pyridine rings is 1. The molecule has 32 heavy (non-hydrogen) atoms. The summed E-state index contributed by atoms with van der Waals surface area (Å²) in [6, 6.07) is 19.2. The van der Waals surface area contributed by atoms with Crippen LogP contribution in [0.5, 0.6) is 0 Å². The molecule has 8 heteroatoms. The van der Waals surface area contributed by atoms with Crippen molar-refractivity contribution in [3.05, 3.63) is 95.9 Å². The van der Waals surface area contributed by atoms with E-state index in [0.717, 1.165) is 27.4 Å². The molecule has 0 saturated heterocycles. The number of benzene rings is 1. The molecule has 5 rings (SSSR count). The summed E-state index contributed by atoms with van der Waals surface area (Å²) in [6.07, 6.45) is 5.31. The Morgan fingerprint density at radius 1 is 1.09 bits per heavy atom. The number of para-hydroxylation sites is 1. The van der Waals surface area contributed by atoms with Gasteiger partial charge in [0.2, 0.25) is 0 Å². The number of carbonyl (C=O) groups is 1. The van der Waals surface area contributed by atoms with Gasteiger partial charge in [0.25, 0.3) is 5.91 Å². The number of aromatic nitrogens is 4. The Bertz CT molecular complexity index is 1330. The second-order valence-electron chi connectivity index (χ2n) is 7.23. The first-order valence-corrected chi connectivity index (χ1v) is 10.9. The van der Waals surface area contributed by atoms with E-state index in [4.69, 9.17) is 9.62 Å². The third-order valence-corrected chi connectivity index (χ3v) is 5.89. The zero-order valence-electron chi connectivity index (χ0n) is 17.3. The van der Waals surface area contributed by atoms with Gasteiger partial charge in [-0.05, 0) is 35.7 Å². The third-order valence-electron chi connectivity index (χ3n) is 5.01. The number of thiophene rings is 1. The highest BCUT2D eigenvalue weighted by Gasteiger charge is 2.21. The van der Waals surface area contributed by atoms with E-state index in [-0.39, 0.29) is 11.6 Å². The molecule has 0 aliphatic heterocycles. The van der Waals surface area contributed by atoms with Crippen molar-refractivity contribution in [3.63, 3.8) is 0 Å². The Balaban J connectivity index is 1.41. The van der Waals surface area contributed by atoms with Crippen LogP contribution < -0.4 is 0 Å². The van der Waals surface area contributed by atoms with E-state index >= 15 is 0 Å². The minimum absolute atomic E-state index is 0.223. The van der Waals surface area contributed by atoms with Crippen molar-refractivity contribution in [2.45, 2.75) is 6.54 Å². The van der Waals surface area contributed by atoms with E-state index in [1.165, 1.54) is 0 Å². The summed E-state index contributed by atoms with van der Waals surface area (Å²) in [5.41, 5.74) is 3.85. The number of hydrogen-bond acceptors (Lipinski definition) is 6. The highest BCUT2D eigenvalue weighted by molar-refractivity contribution is 7.13. The van der Waals surface area contributed by atoms with Crippen LogP contribution in [0.1, 0.15) is 16.1 Å². The molecule has 0 spiro atoms. The normalized spacial score (nSPS) is 10.9. The first-order valence-electron chi connectivity index (χ1n) is 9.99. The summed E-state index contributed by atoms with van der Waals surface area (Å²) in [7, 11) is 1.75. The maximum Gasteiger partial charge on any atom is 0.276 e. The van der Waals surface area contributed by atoms with Gasteiger partial charge in [0.05, 0.1) is 10.6 Å². The van der Waals surface area contributed by atoms with Gasteiger partial charge in [-0.25, -0.2) is 4.68 Å². The van der Waals surface area contributed by atoms with Crippen molar-refractivity contribution in [1.29, 1.82) is 0 Å². The summed E-state index contributed by atoms with van der Waals surface area (Å²) in [5, 5.41) is 10.8. The summed E-state index contributed by atoms with van der Waals surface area (Å²) in [4.78, 5) is 19.7. The molecular formula is C24H19N5O2S. The van der Waals surface area contributed by atoms with Gasteiger partial charge in [-0.1, -0.05) is 29.4 Å². The van der Waals surface area contributed by atoms with Gasteiger partial charge in [-0.3, -0.25) is 9.78 Å². The lowest BCUT2D eigenvalue weighted by molar-refractivity contribution is 0.0775. The fourth-order valence-electron chi connectivity index (χ4n) is 3.41. The van der Waals surface area contributed by atoms with E-state index in [9.17, 15) is 4.79 Å². The molecule has 1 aromatic carbocycles. The van der Waals surface area contributed by atoms with Gasteiger partial charge in [-0.15, -0.1) is 11.3 Å². The minimum atomic E-state index is -0.223. The molecule has 0 aliphatic carbocycles. The van der Waals surface area contributed by atoms with Gasteiger partial charge in [-0.2, -0.15) is 5.10 Å². The molecular weight excluding hydrogens is 422 g/mol. The van der Waals surface area contributed by atoms with Crippen LogP contribution in [-0.2, 0) is 6.54 Å². The molecule has 0 aliphatic rings. The molecule has 0 N–H and O–H groups in total. The molecule has 1 amide bonds. The van der Waals surface area contributed by atoms with E-state index in [1.807, 2.05) is 70.9 Å². The molecule has 0 unspecified atom stereocenters. The van der Waals surface area contributed by atoms with Crippen LogP contribution in [-0.4, -0.2) is 37.8 Å². The predicted molar refractivity (Wildman–Crippen MR) is 122 cm³/mol. The van der Waals surface area contributed by atoms with Crippen LogP contribution in [0.3, 0.4) is 0 Å². The fourth-order valence-corrected chi connectivity index (χ4v) is 4.15. The molecule has 0 fully saturated rings. The lowest BCUT2D eigenvalue weighted by atomic mass is 10.2. The third kappa shape index (κ3) is 3.95. The van der Waals surface area contributed by atoms with Crippen LogP contribution in [0.15, 0.2) is 89.2 Å². The number of carbonyl (C=O) groups excluding carboxylic acids is 1. The van der Waals surface area contributed by atoms with Crippen molar-refractivity contribution < 1.29 is 9.32 Å². The lowest BCUT2D eigenvalue weighted by Gasteiger charge is -2.15. The Hall–Kier alpha value is -4.04. The van der Waals surface area contributed by atoms with Gasteiger partial charge in [0.15, 0.2) is 11.5 Å². The molecule has 7 nitrogen and oxygen atoms in total. The SMILES string of the molecule is CN(Cc1cn(-c2ccccc2)nc1-c1cccs1)C(=O)c1cc(-c2ccncc2)on1. The average molecular weight is 442 g/mol. The van der Waals surface area contributed by atoms with Crippen molar-refractivity contribution in [2.75, 3.05) is 7.05 Å². The van der Waals surface area contributed by atoms with Crippen LogP contribution in [0.25, 0.3) is 27.6 Å². The zero-order chi connectivity index (χ0) is 21.9. The summed E-state index contributed by atoms with van der Waals surface area (Å²) in [5.74, 6) is 0.305. The van der Waals surface area contributed by atoms with Gasteiger partial charge in [0.1, 0.15) is 5.69 Å². The van der Waals surface area contributed by atoms with Gasteiger partial charge >= 0.3 is 0 Å². The fraction of sp³-hybridized carbons (Fsp3) is 0.0833. The molecule has 4 aromatic heterocycles. The smallest absolute Gasteiger partial charge is 0.276 e. The van der Waals surface area contributed by atoms with Crippen molar-refractivity contribution in [3.8, 4) is 27.6 Å². The molecule has 0 radical (unpaired) electrons. The van der Waals surface area contributed by atoms with E-state index in [2.05, 4.69) is 10.1 Å². The Labute approximate surface area is 188 Å². The molecule has 158 valence electrons. The van der Waals surface area contributed by atoms with Gasteiger partial charge in [0, 0.05) is 49.4 Å². The maximum absolute atomic E-state index is 13.0. The first-order chi connectivity index (χ1) is 15.7. The largest absolute Gasteiger partial charge is 0.355 e. The second kappa shape index (κ2) is 8.60. The highest BCUT2D eigenvalue weighted by Crippen LogP contribution is 2.29. The number of rotatable bonds is 6. The Kier molecular flexibility index (Phi) is 5.35. The summed E-state index contributed by atoms with van der Waals surface area (Å²) < 4.78 is 7.22. The second-order valence-corrected chi connectivity index (χ2v) is 8.18. The zero-order valence-corrected chi connectivity index (χ0v) is 18.1. The average Bonchev–Trinajstić information content (AvgIpc) is 3.60. The predicted octanol–water partition coefficient (Wildman–Crippen LogP) is 4.92. The van der Waals surface area contributed by atoms with Crippen LogP contribution >= 0.6 is 11.3 Å². The van der Waals surface area contributed by atoms with Crippen molar-refractivity contribution in [2.24, 2.45) is 0 Å². The molecule has 0 atom stereocenters.